The van der Waals surface area contributed by atoms with Gasteiger partial charge < -0.3 is 14.7 Å². The average molecular weight is 315 g/mol. The van der Waals surface area contributed by atoms with Crippen LogP contribution in [0.25, 0.3) is 0 Å². The van der Waals surface area contributed by atoms with Crippen LogP contribution in [0.1, 0.15) is 60.3 Å². The van der Waals surface area contributed by atoms with Gasteiger partial charge >= 0.3 is 5.97 Å². The molecule has 0 aromatic carbocycles. The number of carboxylic acids is 1. The fourth-order valence-corrected chi connectivity index (χ4v) is 2.61. The molecule has 0 saturated heterocycles. The first-order valence-electron chi connectivity index (χ1n) is 8.61. The van der Waals surface area contributed by atoms with Gasteiger partial charge in [0.2, 0.25) is 0 Å². The highest BCUT2D eigenvalue weighted by Gasteiger charge is 2.19. The lowest BCUT2D eigenvalue weighted by Gasteiger charge is -2.23. The largest absolute Gasteiger partial charge is 0.481 e. The standard InChI is InChI=1S/C18H37NO3/c1-15(2)13-19(6)14-16(17(20)21)9-7-11-22-12-8-10-18(3,4)5/h15-16H,7-14H2,1-6H3,(H,20,21). The fraction of sp³-hybridized carbons (Fsp3) is 0.944. The summed E-state index contributed by atoms with van der Waals surface area (Å²) in [7, 11) is 2.00. The summed E-state index contributed by atoms with van der Waals surface area (Å²) in [4.78, 5) is 13.4. The molecular formula is C18H37NO3. The number of carboxylic acid groups (broad SMARTS) is 1. The lowest BCUT2D eigenvalue weighted by molar-refractivity contribution is -0.142. The van der Waals surface area contributed by atoms with E-state index < -0.39 is 5.97 Å². The van der Waals surface area contributed by atoms with E-state index in [0.29, 0.717) is 30.9 Å². The molecule has 0 aliphatic heterocycles. The van der Waals surface area contributed by atoms with E-state index in [4.69, 9.17) is 4.74 Å². The third-order valence-electron chi connectivity index (χ3n) is 3.61. The van der Waals surface area contributed by atoms with Gasteiger partial charge in [0.25, 0.3) is 0 Å². The van der Waals surface area contributed by atoms with Gasteiger partial charge in [0, 0.05) is 26.3 Å². The van der Waals surface area contributed by atoms with Crippen molar-refractivity contribution < 1.29 is 14.6 Å². The maximum atomic E-state index is 11.3. The normalized spacial score (nSPS) is 13.8. The highest BCUT2D eigenvalue weighted by molar-refractivity contribution is 5.70. The van der Waals surface area contributed by atoms with Gasteiger partial charge in [-0.2, -0.15) is 0 Å². The van der Waals surface area contributed by atoms with Gasteiger partial charge in [0.05, 0.1) is 5.92 Å². The quantitative estimate of drug-likeness (QED) is 0.555. The lowest BCUT2D eigenvalue weighted by Crippen LogP contribution is -2.33. The summed E-state index contributed by atoms with van der Waals surface area (Å²) in [5, 5.41) is 9.32. The van der Waals surface area contributed by atoms with Crippen molar-refractivity contribution in [2.75, 3.05) is 33.4 Å². The zero-order valence-electron chi connectivity index (χ0n) is 15.5. The highest BCUT2D eigenvalue weighted by atomic mass is 16.5. The number of carbonyl (C=O) groups is 1. The number of hydrogen-bond donors (Lipinski definition) is 1. The Morgan fingerprint density at radius 3 is 2.23 bits per heavy atom. The monoisotopic (exact) mass is 315 g/mol. The summed E-state index contributed by atoms with van der Waals surface area (Å²) >= 11 is 0. The first kappa shape index (κ1) is 21.4. The Balaban J connectivity index is 3.81. The van der Waals surface area contributed by atoms with Gasteiger partial charge in [0.1, 0.15) is 0 Å². The number of nitrogens with zero attached hydrogens (tertiary/aromatic N) is 1. The Hall–Kier alpha value is -0.610. The molecule has 0 radical (unpaired) electrons. The molecule has 1 N–H and O–H groups in total. The van der Waals surface area contributed by atoms with Crippen molar-refractivity contribution in [3.05, 3.63) is 0 Å². The Bertz CT molecular complexity index is 297. The van der Waals surface area contributed by atoms with E-state index in [1.165, 1.54) is 0 Å². The Morgan fingerprint density at radius 2 is 1.73 bits per heavy atom. The minimum Gasteiger partial charge on any atom is -0.481 e. The molecule has 132 valence electrons. The molecule has 0 aromatic rings. The molecule has 4 heteroatoms. The van der Waals surface area contributed by atoms with Crippen LogP contribution >= 0.6 is 0 Å². The van der Waals surface area contributed by atoms with Gasteiger partial charge in [-0.1, -0.05) is 34.6 Å². The molecule has 0 aliphatic carbocycles. The van der Waals surface area contributed by atoms with Crippen LogP contribution in [0.4, 0.5) is 0 Å². The molecule has 0 heterocycles. The zero-order valence-corrected chi connectivity index (χ0v) is 15.5. The Kier molecular flexibility index (Phi) is 10.7. The number of aliphatic carboxylic acids is 1. The second kappa shape index (κ2) is 11.0. The van der Waals surface area contributed by atoms with Crippen molar-refractivity contribution >= 4 is 5.97 Å². The van der Waals surface area contributed by atoms with Crippen LogP contribution < -0.4 is 0 Å². The smallest absolute Gasteiger partial charge is 0.307 e. The highest BCUT2D eigenvalue weighted by Crippen LogP contribution is 2.20. The summed E-state index contributed by atoms with van der Waals surface area (Å²) in [6.45, 7) is 14.0. The van der Waals surface area contributed by atoms with E-state index in [1.54, 1.807) is 0 Å². The van der Waals surface area contributed by atoms with Gasteiger partial charge in [0.15, 0.2) is 0 Å². The van der Waals surface area contributed by atoms with E-state index >= 15 is 0 Å². The summed E-state index contributed by atoms with van der Waals surface area (Å²) in [5.74, 6) is -0.421. The summed E-state index contributed by atoms with van der Waals surface area (Å²) in [5.41, 5.74) is 0.360. The zero-order chi connectivity index (χ0) is 17.2. The molecule has 22 heavy (non-hydrogen) atoms. The number of rotatable bonds is 12. The van der Waals surface area contributed by atoms with Gasteiger partial charge in [-0.25, -0.2) is 0 Å². The van der Waals surface area contributed by atoms with E-state index in [1.807, 2.05) is 7.05 Å². The van der Waals surface area contributed by atoms with E-state index in [-0.39, 0.29) is 5.92 Å². The average Bonchev–Trinajstić information content (AvgIpc) is 2.33. The molecule has 4 nitrogen and oxygen atoms in total. The molecule has 0 fully saturated rings. The molecule has 1 unspecified atom stereocenters. The van der Waals surface area contributed by atoms with Crippen LogP contribution in [-0.4, -0.2) is 49.3 Å². The first-order chi connectivity index (χ1) is 10.1. The van der Waals surface area contributed by atoms with Gasteiger partial charge in [-0.05, 0) is 44.1 Å². The second-order valence-corrected chi connectivity index (χ2v) is 8.07. The van der Waals surface area contributed by atoms with Crippen LogP contribution in [0.5, 0.6) is 0 Å². The number of ether oxygens (including phenoxy) is 1. The van der Waals surface area contributed by atoms with E-state index in [9.17, 15) is 9.90 Å². The van der Waals surface area contributed by atoms with Crippen molar-refractivity contribution in [1.29, 1.82) is 0 Å². The third kappa shape index (κ3) is 13.1. The summed E-state index contributed by atoms with van der Waals surface area (Å²) < 4.78 is 5.62. The minimum absolute atomic E-state index is 0.290. The molecule has 0 aromatic heterocycles. The molecule has 0 spiro atoms. The Morgan fingerprint density at radius 1 is 1.14 bits per heavy atom. The van der Waals surface area contributed by atoms with E-state index in [2.05, 4.69) is 39.5 Å². The maximum Gasteiger partial charge on any atom is 0.307 e. The van der Waals surface area contributed by atoms with Crippen LogP contribution in [0.2, 0.25) is 0 Å². The van der Waals surface area contributed by atoms with Crippen LogP contribution in [-0.2, 0) is 9.53 Å². The molecule has 1 atom stereocenters. The summed E-state index contributed by atoms with van der Waals surface area (Å²) in [6.07, 6.45) is 3.74. The van der Waals surface area contributed by atoms with E-state index in [0.717, 1.165) is 32.4 Å². The van der Waals surface area contributed by atoms with Crippen molar-refractivity contribution in [3.63, 3.8) is 0 Å². The molecule has 0 bridgehead atoms. The SMILES string of the molecule is CC(C)CN(C)CC(CCCOCCCC(C)(C)C)C(=O)O. The molecule has 0 aliphatic rings. The van der Waals surface area contributed by atoms with Crippen LogP contribution in [0, 0.1) is 17.3 Å². The number of hydrogen-bond acceptors (Lipinski definition) is 3. The van der Waals surface area contributed by atoms with Crippen LogP contribution in [0.15, 0.2) is 0 Å². The van der Waals surface area contributed by atoms with Gasteiger partial charge in [-0.3, -0.25) is 4.79 Å². The topological polar surface area (TPSA) is 49.8 Å². The maximum absolute atomic E-state index is 11.3. The third-order valence-corrected chi connectivity index (χ3v) is 3.61. The van der Waals surface area contributed by atoms with Gasteiger partial charge in [-0.15, -0.1) is 0 Å². The lowest BCUT2D eigenvalue weighted by atomic mass is 9.91. The van der Waals surface area contributed by atoms with Crippen molar-refractivity contribution in [2.24, 2.45) is 17.3 Å². The fourth-order valence-electron chi connectivity index (χ4n) is 2.61. The molecule has 0 rings (SSSR count). The molecule has 0 amide bonds. The van der Waals surface area contributed by atoms with Crippen molar-refractivity contribution in [3.8, 4) is 0 Å². The summed E-state index contributed by atoms with van der Waals surface area (Å²) in [6, 6.07) is 0. The van der Waals surface area contributed by atoms with Crippen LogP contribution in [0.3, 0.4) is 0 Å². The Labute approximate surface area is 137 Å². The van der Waals surface area contributed by atoms with Crippen molar-refractivity contribution in [1.82, 2.24) is 4.90 Å². The molecular weight excluding hydrogens is 278 g/mol. The minimum atomic E-state index is -0.691. The predicted octanol–water partition coefficient (Wildman–Crippen LogP) is 3.90. The molecule has 0 saturated carbocycles. The predicted molar refractivity (Wildman–Crippen MR) is 92.2 cm³/mol. The second-order valence-electron chi connectivity index (χ2n) is 8.07. The van der Waals surface area contributed by atoms with Crippen molar-refractivity contribution in [2.45, 2.75) is 60.3 Å². The first-order valence-corrected chi connectivity index (χ1v) is 8.61.